The number of hydrogen-bond acceptors (Lipinski definition) is 6. The molecular weight excluding hydrogens is 406 g/mol. The standard InChI is InChI=1S/C21H26F2N6O2/c1-4-24-21(30)26-18-15(22)7-13(8-16(18)23)19-25-17-10-28(3)9-14(17)20(27-19)29-5-6-31-11-12(29)2/h7-8,12H,4-6,9-11H2,1-3H3,(H2,24,26,30). The van der Waals surface area contributed by atoms with Crippen LogP contribution in [0.2, 0.25) is 0 Å². The van der Waals surface area contributed by atoms with E-state index in [1.54, 1.807) is 6.92 Å². The second kappa shape index (κ2) is 8.72. The first-order chi connectivity index (χ1) is 14.9. The number of hydrogen-bond donors (Lipinski definition) is 2. The number of nitrogens with zero attached hydrogens (tertiary/aromatic N) is 4. The molecule has 0 aliphatic carbocycles. The van der Waals surface area contributed by atoms with Crippen molar-refractivity contribution in [2.75, 3.05) is 43.6 Å². The van der Waals surface area contributed by atoms with Gasteiger partial charge in [0.15, 0.2) is 17.5 Å². The van der Waals surface area contributed by atoms with Crippen LogP contribution in [0.5, 0.6) is 0 Å². The van der Waals surface area contributed by atoms with Gasteiger partial charge < -0.3 is 20.3 Å². The number of rotatable bonds is 4. The van der Waals surface area contributed by atoms with Crippen LogP contribution >= 0.6 is 0 Å². The van der Waals surface area contributed by atoms with Crippen LogP contribution in [0.4, 0.5) is 25.1 Å². The molecule has 8 nitrogen and oxygen atoms in total. The second-order valence-corrected chi connectivity index (χ2v) is 7.89. The lowest BCUT2D eigenvalue weighted by Crippen LogP contribution is -2.44. The normalized spacial score (nSPS) is 18.7. The zero-order chi connectivity index (χ0) is 22.1. The molecule has 2 aliphatic heterocycles. The molecule has 2 aromatic rings. The molecule has 0 saturated carbocycles. The Morgan fingerprint density at radius 3 is 2.68 bits per heavy atom. The van der Waals surface area contributed by atoms with Crippen LogP contribution in [0.3, 0.4) is 0 Å². The van der Waals surface area contributed by atoms with E-state index in [2.05, 4.69) is 32.3 Å². The van der Waals surface area contributed by atoms with Crippen molar-refractivity contribution < 1.29 is 18.3 Å². The van der Waals surface area contributed by atoms with Crippen LogP contribution in [-0.4, -0.2) is 60.3 Å². The van der Waals surface area contributed by atoms with Crippen LogP contribution in [0.15, 0.2) is 12.1 Å². The molecule has 3 heterocycles. The zero-order valence-electron chi connectivity index (χ0n) is 17.8. The molecule has 0 radical (unpaired) electrons. The molecule has 1 atom stereocenters. The minimum absolute atomic E-state index is 0.128. The third kappa shape index (κ3) is 4.31. The molecule has 2 amide bonds. The van der Waals surface area contributed by atoms with Crippen molar-refractivity contribution in [3.05, 3.63) is 35.0 Å². The first-order valence-corrected chi connectivity index (χ1v) is 10.3. The fourth-order valence-corrected chi connectivity index (χ4v) is 3.94. The topological polar surface area (TPSA) is 82.6 Å². The number of anilines is 2. The van der Waals surface area contributed by atoms with E-state index in [1.165, 1.54) is 0 Å². The molecule has 0 bridgehead atoms. The minimum Gasteiger partial charge on any atom is -0.377 e. The van der Waals surface area contributed by atoms with Gasteiger partial charge in [0, 0.05) is 37.3 Å². The smallest absolute Gasteiger partial charge is 0.319 e. The molecule has 2 aliphatic rings. The van der Waals surface area contributed by atoms with E-state index in [9.17, 15) is 13.6 Å². The maximum Gasteiger partial charge on any atom is 0.319 e. The van der Waals surface area contributed by atoms with E-state index in [4.69, 9.17) is 9.72 Å². The summed E-state index contributed by atoms with van der Waals surface area (Å²) in [6, 6.07) is 1.76. The fraction of sp³-hybridized carbons (Fsp3) is 0.476. The highest BCUT2D eigenvalue weighted by molar-refractivity contribution is 5.89. The van der Waals surface area contributed by atoms with E-state index in [0.29, 0.717) is 39.4 Å². The molecule has 10 heteroatoms. The lowest BCUT2D eigenvalue weighted by molar-refractivity contribution is 0.0984. The number of urea groups is 1. The van der Waals surface area contributed by atoms with E-state index in [-0.39, 0.29) is 17.4 Å². The fourth-order valence-electron chi connectivity index (χ4n) is 3.94. The van der Waals surface area contributed by atoms with E-state index < -0.39 is 23.4 Å². The summed E-state index contributed by atoms with van der Waals surface area (Å²) in [5.41, 5.74) is 1.61. The number of nitrogens with one attached hydrogen (secondary N) is 2. The summed E-state index contributed by atoms with van der Waals surface area (Å²) < 4.78 is 34.9. The van der Waals surface area contributed by atoms with Crippen molar-refractivity contribution in [2.45, 2.75) is 33.0 Å². The van der Waals surface area contributed by atoms with Gasteiger partial charge in [-0.25, -0.2) is 23.5 Å². The Kier molecular flexibility index (Phi) is 6.01. The molecule has 1 fully saturated rings. The van der Waals surface area contributed by atoms with Crippen LogP contribution in [0.25, 0.3) is 11.4 Å². The van der Waals surface area contributed by atoms with Gasteiger partial charge >= 0.3 is 6.03 Å². The average Bonchev–Trinajstić information content (AvgIpc) is 3.10. The zero-order valence-corrected chi connectivity index (χ0v) is 17.8. The van der Waals surface area contributed by atoms with Gasteiger partial charge in [0.2, 0.25) is 0 Å². The van der Waals surface area contributed by atoms with Crippen molar-refractivity contribution in [3.8, 4) is 11.4 Å². The number of morpholine rings is 1. The number of ether oxygens (including phenoxy) is 1. The Labute approximate surface area is 179 Å². The minimum atomic E-state index is -0.885. The summed E-state index contributed by atoms with van der Waals surface area (Å²) >= 11 is 0. The van der Waals surface area contributed by atoms with E-state index in [0.717, 1.165) is 29.2 Å². The Morgan fingerprint density at radius 2 is 2.00 bits per heavy atom. The maximum atomic E-state index is 14.7. The van der Waals surface area contributed by atoms with Crippen LogP contribution < -0.4 is 15.5 Å². The first-order valence-electron chi connectivity index (χ1n) is 10.3. The highest BCUT2D eigenvalue weighted by Crippen LogP contribution is 2.34. The van der Waals surface area contributed by atoms with Gasteiger partial charge in [-0.2, -0.15) is 0 Å². The predicted molar refractivity (Wildman–Crippen MR) is 113 cm³/mol. The molecule has 4 rings (SSSR count). The van der Waals surface area contributed by atoms with Gasteiger partial charge in [0.05, 0.1) is 24.9 Å². The summed E-state index contributed by atoms with van der Waals surface area (Å²) in [7, 11) is 2.00. The van der Waals surface area contributed by atoms with Crippen molar-refractivity contribution in [2.24, 2.45) is 0 Å². The second-order valence-electron chi connectivity index (χ2n) is 7.89. The number of carbonyl (C=O) groups is 1. The SMILES string of the molecule is CCNC(=O)Nc1c(F)cc(-c2nc3c(c(N4CCOCC4C)n2)CN(C)C3)cc1F. The maximum absolute atomic E-state index is 14.7. The van der Waals surface area contributed by atoms with E-state index >= 15 is 0 Å². The van der Waals surface area contributed by atoms with Gasteiger partial charge in [0.1, 0.15) is 11.5 Å². The molecule has 31 heavy (non-hydrogen) atoms. The van der Waals surface area contributed by atoms with Crippen molar-refractivity contribution in [1.29, 1.82) is 0 Å². The number of halogens is 2. The Hall–Kier alpha value is -2.85. The van der Waals surface area contributed by atoms with Crippen LogP contribution in [-0.2, 0) is 17.8 Å². The summed E-state index contributed by atoms with van der Waals surface area (Å²) in [6.45, 7) is 7.34. The first kappa shape index (κ1) is 21.4. The number of amides is 2. The molecule has 1 unspecified atom stereocenters. The summed E-state index contributed by atoms with van der Waals surface area (Å²) in [6.07, 6.45) is 0. The third-order valence-electron chi connectivity index (χ3n) is 5.43. The van der Waals surface area contributed by atoms with Gasteiger partial charge in [-0.1, -0.05) is 0 Å². The van der Waals surface area contributed by atoms with Crippen molar-refractivity contribution in [3.63, 3.8) is 0 Å². The van der Waals surface area contributed by atoms with Gasteiger partial charge in [-0.3, -0.25) is 4.90 Å². The molecule has 1 aromatic carbocycles. The summed E-state index contributed by atoms with van der Waals surface area (Å²) in [5, 5.41) is 4.65. The largest absolute Gasteiger partial charge is 0.377 e. The Balaban J connectivity index is 1.74. The summed E-state index contributed by atoms with van der Waals surface area (Å²) in [5.74, 6) is -0.733. The molecule has 166 valence electrons. The van der Waals surface area contributed by atoms with Crippen LogP contribution in [0, 0.1) is 11.6 Å². The number of benzene rings is 1. The molecule has 1 aromatic heterocycles. The molecule has 0 spiro atoms. The quantitative estimate of drug-likeness (QED) is 0.773. The van der Waals surface area contributed by atoms with Crippen molar-refractivity contribution in [1.82, 2.24) is 20.2 Å². The van der Waals surface area contributed by atoms with E-state index in [1.807, 2.05) is 7.05 Å². The van der Waals surface area contributed by atoms with Gasteiger partial charge in [-0.15, -0.1) is 0 Å². The molecular formula is C21H26F2N6O2. The van der Waals surface area contributed by atoms with Gasteiger partial charge in [-0.05, 0) is 33.0 Å². The number of fused-ring (bicyclic) bond motifs is 1. The third-order valence-corrected chi connectivity index (χ3v) is 5.43. The molecule has 2 N–H and O–H groups in total. The number of aromatic nitrogens is 2. The van der Waals surface area contributed by atoms with Crippen LogP contribution in [0.1, 0.15) is 25.1 Å². The highest BCUT2D eigenvalue weighted by Gasteiger charge is 2.30. The lowest BCUT2D eigenvalue weighted by Gasteiger charge is -2.35. The molecule has 1 saturated heterocycles. The monoisotopic (exact) mass is 432 g/mol. The Bertz CT molecular complexity index is 979. The highest BCUT2D eigenvalue weighted by atomic mass is 19.1. The lowest BCUT2D eigenvalue weighted by atomic mass is 10.1. The number of carbonyl (C=O) groups excluding carboxylic acids is 1. The Morgan fingerprint density at radius 1 is 1.26 bits per heavy atom. The average molecular weight is 432 g/mol. The van der Waals surface area contributed by atoms with Gasteiger partial charge in [0.25, 0.3) is 0 Å². The predicted octanol–water partition coefficient (Wildman–Crippen LogP) is 2.73. The van der Waals surface area contributed by atoms with Crippen molar-refractivity contribution >= 4 is 17.5 Å². The summed E-state index contributed by atoms with van der Waals surface area (Å²) in [4.78, 5) is 25.3.